The third-order valence-corrected chi connectivity index (χ3v) is 5.53. The number of nitrogens with zero attached hydrogens (tertiary/aromatic N) is 6. The van der Waals surface area contributed by atoms with Crippen LogP contribution >= 0.6 is 11.6 Å². The van der Waals surface area contributed by atoms with Crippen LogP contribution in [0.15, 0.2) is 6.20 Å². The number of rotatable bonds is 7. The van der Waals surface area contributed by atoms with Crippen molar-refractivity contribution in [2.24, 2.45) is 0 Å². The van der Waals surface area contributed by atoms with E-state index in [-0.39, 0.29) is 23.5 Å². The fourth-order valence-corrected chi connectivity index (χ4v) is 3.77. The van der Waals surface area contributed by atoms with Crippen LogP contribution in [0.2, 0.25) is 5.28 Å². The van der Waals surface area contributed by atoms with Crippen LogP contribution in [0.5, 0.6) is 5.88 Å². The normalized spacial score (nSPS) is 14.2. The second kappa shape index (κ2) is 11.2. The lowest BCUT2D eigenvalue weighted by molar-refractivity contribution is -0.386. The highest BCUT2D eigenvalue weighted by Crippen LogP contribution is 2.27. The highest BCUT2D eigenvalue weighted by molar-refractivity contribution is 6.28. The summed E-state index contributed by atoms with van der Waals surface area (Å²) in [5.74, 6) is -0.00984. The molecule has 174 valence electrons. The molecule has 3 heterocycles. The molecule has 3 aromatic heterocycles. The molecular weight excluding hydrogens is 438 g/mol. The van der Waals surface area contributed by atoms with Gasteiger partial charge in [-0.05, 0) is 38.3 Å². The SMILES string of the molecule is COC1CCCCC1.Cc1[nH]nc(OCCCn2nc(C)c3cnc(Cl)nc32)c1[N+](=O)[O-]. The molecular formula is C20H28ClN7O4. The molecule has 11 nitrogen and oxygen atoms in total. The monoisotopic (exact) mass is 465 g/mol. The summed E-state index contributed by atoms with van der Waals surface area (Å²) in [4.78, 5) is 18.6. The van der Waals surface area contributed by atoms with Crippen molar-refractivity contribution in [2.45, 2.75) is 65.0 Å². The van der Waals surface area contributed by atoms with Crippen LogP contribution in [0.25, 0.3) is 11.0 Å². The molecule has 1 fully saturated rings. The number of ether oxygens (including phenoxy) is 2. The Bertz CT molecular complexity index is 1050. The van der Waals surface area contributed by atoms with Crippen molar-refractivity contribution in [3.8, 4) is 5.88 Å². The standard InChI is InChI=1S/C13H14ClN7O3.C7H14O/c1-7-9-6-15-13(14)16-11(9)20(19-7)4-3-5-24-12-10(21(22)23)8(2)17-18-12;1-8-7-5-3-2-4-6-7/h6H,3-5H2,1-2H3,(H,17,18);7H,2-6H2,1H3. The summed E-state index contributed by atoms with van der Waals surface area (Å²) in [6, 6.07) is 0. The van der Waals surface area contributed by atoms with Crippen LogP contribution < -0.4 is 4.74 Å². The van der Waals surface area contributed by atoms with Gasteiger partial charge in [-0.3, -0.25) is 15.2 Å². The van der Waals surface area contributed by atoms with Crippen molar-refractivity contribution < 1.29 is 14.4 Å². The first-order valence-corrected chi connectivity index (χ1v) is 11.0. The van der Waals surface area contributed by atoms with Gasteiger partial charge in [-0.15, -0.1) is 5.10 Å². The molecule has 12 heteroatoms. The first-order chi connectivity index (χ1) is 15.4. The van der Waals surface area contributed by atoms with E-state index >= 15 is 0 Å². The molecule has 0 radical (unpaired) electrons. The Kier molecular flexibility index (Phi) is 8.34. The molecule has 0 atom stereocenters. The Labute approximate surface area is 190 Å². The fraction of sp³-hybridized carbons (Fsp3) is 0.600. The van der Waals surface area contributed by atoms with Crippen molar-refractivity contribution in [3.05, 3.63) is 33.0 Å². The third-order valence-electron chi connectivity index (χ3n) is 5.35. The maximum Gasteiger partial charge on any atom is 0.352 e. The molecule has 0 saturated heterocycles. The number of nitrogens with one attached hydrogen (secondary N) is 1. The Morgan fingerprint density at radius 2 is 2.06 bits per heavy atom. The lowest BCUT2D eigenvalue weighted by atomic mass is 9.98. The van der Waals surface area contributed by atoms with E-state index in [2.05, 4.69) is 25.3 Å². The van der Waals surface area contributed by atoms with Crippen molar-refractivity contribution in [2.75, 3.05) is 13.7 Å². The number of nitro groups is 1. The number of H-pyrrole nitrogens is 1. The second-order valence-electron chi connectivity index (χ2n) is 7.64. The predicted molar refractivity (Wildman–Crippen MR) is 119 cm³/mol. The molecule has 0 unspecified atom stereocenters. The average molecular weight is 466 g/mol. The summed E-state index contributed by atoms with van der Waals surface area (Å²) in [5, 5.41) is 22.7. The molecule has 3 aromatic rings. The van der Waals surface area contributed by atoms with Gasteiger partial charge in [-0.1, -0.05) is 19.3 Å². The molecule has 0 amide bonds. The molecule has 0 spiro atoms. The summed E-state index contributed by atoms with van der Waals surface area (Å²) in [7, 11) is 1.82. The molecule has 1 N–H and O–H groups in total. The maximum absolute atomic E-state index is 11.0. The van der Waals surface area contributed by atoms with Gasteiger partial charge in [0.1, 0.15) is 5.69 Å². The van der Waals surface area contributed by atoms with Crippen LogP contribution in [-0.4, -0.2) is 54.7 Å². The van der Waals surface area contributed by atoms with Gasteiger partial charge in [-0.2, -0.15) is 10.1 Å². The van der Waals surface area contributed by atoms with Crippen molar-refractivity contribution in [1.29, 1.82) is 0 Å². The first kappa shape index (κ1) is 23.9. The summed E-state index contributed by atoms with van der Waals surface area (Å²) >= 11 is 5.83. The maximum atomic E-state index is 11.0. The molecule has 4 rings (SSSR count). The van der Waals surface area contributed by atoms with Crippen LogP contribution in [0.1, 0.15) is 49.9 Å². The molecule has 0 bridgehead atoms. The number of hydrogen-bond acceptors (Lipinski definition) is 8. The Balaban J connectivity index is 0.000000305. The van der Waals surface area contributed by atoms with Crippen molar-refractivity contribution in [3.63, 3.8) is 0 Å². The number of fused-ring (bicyclic) bond motifs is 1. The zero-order valence-corrected chi connectivity index (χ0v) is 19.3. The van der Waals surface area contributed by atoms with E-state index in [1.165, 1.54) is 32.1 Å². The van der Waals surface area contributed by atoms with E-state index in [0.717, 1.165) is 11.1 Å². The molecule has 0 aromatic carbocycles. The lowest BCUT2D eigenvalue weighted by Crippen LogP contribution is -2.13. The fourth-order valence-electron chi connectivity index (χ4n) is 3.64. The highest BCUT2D eigenvalue weighted by atomic mass is 35.5. The summed E-state index contributed by atoms with van der Waals surface area (Å²) in [6.45, 7) is 4.21. The van der Waals surface area contributed by atoms with Gasteiger partial charge in [0.2, 0.25) is 5.28 Å². The van der Waals surface area contributed by atoms with E-state index in [0.29, 0.717) is 30.4 Å². The van der Waals surface area contributed by atoms with Gasteiger partial charge in [0.05, 0.1) is 28.7 Å². The topological polar surface area (TPSA) is 134 Å². The summed E-state index contributed by atoms with van der Waals surface area (Å²) < 4.78 is 12.3. The molecule has 32 heavy (non-hydrogen) atoms. The quantitative estimate of drug-likeness (QED) is 0.238. The zero-order chi connectivity index (χ0) is 23.1. The molecule has 1 aliphatic carbocycles. The molecule has 1 aliphatic rings. The molecule has 0 aliphatic heterocycles. The Morgan fingerprint density at radius 3 is 2.72 bits per heavy atom. The highest BCUT2D eigenvalue weighted by Gasteiger charge is 2.23. The smallest absolute Gasteiger partial charge is 0.352 e. The van der Waals surface area contributed by atoms with E-state index in [4.69, 9.17) is 21.1 Å². The van der Waals surface area contributed by atoms with Crippen LogP contribution in [-0.2, 0) is 11.3 Å². The van der Waals surface area contributed by atoms with Crippen LogP contribution in [0.3, 0.4) is 0 Å². The summed E-state index contributed by atoms with van der Waals surface area (Å²) in [5.41, 5.74) is 1.67. The minimum atomic E-state index is -0.516. The first-order valence-electron chi connectivity index (χ1n) is 10.6. The number of aromatic amines is 1. The van der Waals surface area contributed by atoms with Gasteiger partial charge in [0.25, 0.3) is 0 Å². The number of halogens is 1. The lowest BCUT2D eigenvalue weighted by Gasteiger charge is -2.19. The van der Waals surface area contributed by atoms with Gasteiger partial charge >= 0.3 is 11.6 Å². The van der Waals surface area contributed by atoms with Crippen molar-refractivity contribution in [1.82, 2.24) is 29.9 Å². The second-order valence-corrected chi connectivity index (χ2v) is 7.98. The van der Waals surface area contributed by atoms with Crippen molar-refractivity contribution >= 4 is 28.3 Å². The number of aromatic nitrogens is 6. The van der Waals surface area contributed by atoms with E-state index in [1.807, 2.05) is 14.0 Å². The largest absolute Gasteiger partial charge is 0.472 e. The van der Waals surface area contributed by atoms with E-state index in [9.17, 15) is 10.1 Å². The Morgan fingerprint density at radius 1 is 1.31 bits per heavy atom. The number of methoxy groups -OCH3 is 1. The Hall–Kier alpha value is -2.79. The van der Waals surface area contributed by atoms with Gasteiger partial charge in [0.15, 0.2) is 5.65 Å². The predicted octanol–water partition coefficient (Wildman–Crippen LogP) is 4.16. The zero-order valence-electron chi connectivity index (χ0n) is 18.5. The van der Waals surface area contributed by atoms with E-state index in [1.54, 1.807) is 17.8 Å². The van der Waals surface area contributed by atoms with Crippen LogP contribution in [0, 0.1) is 24.0 Å². The molecule has 1 saturated carbocycles. The summed E-state index contributed by atoms with van der Waals surface area (Å²) in [6.07, 6.45) is 9.53. The van der Waals surface area contributed by atoms with Gasteiger partial charge in [0, 0.05) is 26.3 Å². The number of hydrogen-bond donors (Lipinski definition) is 1. The van der Waals surface area contributed by atoms with Crippen LogP contribution in [0.4, 0.5) is 5.69 Å². The minimum Gasteiger partial charge on any atom is -0.472 e. The number of aryl methyl sites for hydroxylation is 3. The third kappa shape index (κ3) is 5.92. The average Bonchev–Trinajstić information content (AvgIpc) is 3.31. The van der Waals surface area contributed by atoms with Gasteiger partial charge < -0.3 is 9.47 Å². The van der Waals surface area contributed by atoms with E-state index < -0.39 is 4.92 Å². The van der Waals surface area contributed by atoms with Gasteiger partial charge in [-0.25, -0.2) is 9.67 Å². The minimum absolute atomic E-state index is 0.00984.